The van der Waals surface area contributed by atoms with Crippen LogP contribution in [-0.2, 0) is 16.0 Å². The number of esters is 1. The number of carbonyl (C=O) groups is 1. The third-order valence-electron chi connectivity index (χ3n) is 1.95. The molecule has 0 fully saturated rings. The Morgan fingerprint density at radius 2 is 2.33 bits per heavy atom. The number of hydrogen-bond acceptors (Lipinski definition) is 2. The molecule has 0 amide bonds. The summed E-state index contributed by atoms with van der Waals surface area (Å²) >= 11 is 5.83. The lowest BCUT2D eigenvalue weighted by molar-refractivity contribution is -0.138. The molecule has 0 bridgehead atoms. The summed E-state index contributed by atoms with van der Waals surface area (Å²) in [6.07, 6.45) is 3.14. The summed E-state index contributed by atoms with van der Waals surface area (Å²) in [5.41, 5.74) is 1.13. The third-order valence-corrected chi connectivity index (χ3v) is 2.19. The zero-order valence-electron chi connectivity index (χ0n) is 8.41. The van der Waals surface area contributed by atoms with E-state index in [0.717, 1.165) is 29.7 Å². The van der Waals surface area contributed by atoms with Crippen molar-refractivity contribution in [1.82, 2.24) is 0 Å². The van der Waals surface area contributed by atoms with Gasteiger partial charge in [-0.1, -0.05) is 30.3 Å². The van der Waals surface area contributed by atoms with E-state index in [4.69, 9.17) is 11.6 Å². The number of aryl methyl sites for hydroxylation is 1. The van der Waals surface area contributed by atoms with Gasteiger partial charge in [-0.2, -0.15) is 0 Å². The molecule has 1 aromatic rings. The van der Waals surface area contributed by atoms with Crippen LogP contribution < -0.4 is 0 Å². The van der Waals surface area contributed by atoms with Crippen molar-refractivity contribution in [1.29, 1.82) is 0 Å². The summed E-state index contributed by atoms with van der Waals surface area (Å²) in [5, 5.41) is 0.723. The summed E-state index contributed by atoms with van der Waals surface area (Å²) in [6.45, 7) is 3.32. The van der Waals surface area contributed by atoms with Crippen molar-refractivity contribution in [3.8, 4) is 0 Å². The van der Waals surface area contributed by atoms with Crippen LogP contribution in [0.5, 0.6) is 0 Å². The topological polar surface area (TPSA) is 26.3 Å². The van der Waals surface area contributed by atoms with E-state index in [0.29, 0.717) is 6.42 Å². The number of ether oxygens (including phenoxy) is 1. The van der Waals surface area contributed by atoms with Crippen LogP contribution in [0.4, 0.5) is 0 Å². The van der Waals surface area contributed by atoms with Crippen LogP contribution in [0.2, 0.25) is 5.02 Å². The van der Waals surface area contributed by atoms with Crippen LogP contribution in [0.15, 0.2) is 37.1 Å². The van der Waals surface area contributed by atoms with Gasteiger partial charge in [0.15, 0.2) is 0 Å². The Morgan fingerprint density at radius 1 is 1.53 bits per heavy atom. The summed E-state index contributed by atoms with van der Waals surface area (Å²) in [5.74, 6) is -0.243. The highest BCUT2D eigenvalue weighted by Crippen LogP contribution is 2.12. The molecule has 80 valence electrons. The first-order valence-corrected chi connectivity index (χ1v) is 5.15. The van der Waals surface area contributed by atoms with Crippen molar-refractivity contribution in [2.24, 2.45) is 0 Å². The minimum atomic E-state index is -0.243. The maximum Gasteiger partial charge on any atom is 0.310 e. The molecule has 0 atom stereocenters. The highest BCUT2D eigenvalue weighted by Gasteiger charge is 2.01. The molecule has 2 nitrogen and oxygen atoms in total. The third kappa shape index (κ3) is 4.66. The SMILES string of the molecule is C=COC(=O)CCCc1cccc(Cl)c1. The summed E-state index contributed by atoms with van der Waals surface area (Å²) < 4.78 is 4.60. The van der Waals surface area contributed by atoms with Crippen molar-refractivity contribution >= 4 is 17.6 Å². The number of carbonyl (C=O) groups excluding carboxylic acids is 1. The van der Waals surface area contributed by atoms with Crippen molar-refractivity contribution in [3.63, 3.8) is 0 Å². The lowest BCUT2D eigenvalue weighted by Crippen LogP contribution is -1.99. The monoisotopic (exact) mass is 224 g/mol. The molecule has 0 spiro atoms. The first kappa shape index (κ1) is 11.8. The quantitative estimate of drug-likeness (QED) is 0.566. The summed E-state index contributed by atoms with van der Waals surface area (Å²) in [6, 6.07) is 7.63. The average molecular weight is 225 g/mol. The minimum Gasteiger partial charge on any atom is -0.435 e. The standard InChI is InChI=1S/C12H13ClO2/c1-2-15-12(14)8-4-6-10-5-3-7-11(13)9-10/h2-3,5,7,9H,1,4,6,8H2. The molecule has 15 heavy (non-hydrogen) atoms. The Morgan fingerprint density at radius 3 is 3.00 bits per heavy atom. The van der Waals surface area contributed by atoms with E-state index in [9.17, 15) is 4.79 Å². The predicted molar refractivity (Wildman–Crippen MR) is 60.7 cm³/mol. The second-order valence-corrected chi connectivity index (χ2v) is 3.58. The van der Waals surface area contributed by atoms with Crippen LogP contribution >= 0.6 is 11.6 Å². The molecule has 0 saturated carbocycles. The molecular formula is C12H13ClO2. The molecule has 0 aromatic heterocycles. The first-order chi connectivity index (χ1) is 7.22. The smallest absolute Gasteiger partial charge is 0.310 e. The van der Waals surface area contributed by atoms with Gasteiger partial charge in [-0.05, 0) is 30.5 Å². The fourth-order valence-corrected chi connectivity index (χ4v) is 1.49. The molecule has 0 aliphatic carbocycles. The van der Waals surface area contributed by atoms with Gasteiger partial charge in [-0.25, -0.2) is 0 Å². The highest BCUT2D eigenvalue weighted by molar-refractivity contribution is 6.30. The van der Waals surface area contributed by atoms with Gasteiger partial charge in [-0.3, -0.25) is 4.79 Å². The predicted octanol–water partition coefficient (Wildman–Crippen LogP) is 3.35. The van der Waals surface area contributed by atoms with Gasteiger partial charge >= 0.3 is 5.97 Å². The Kier molecular flexibility index (Phi) is 4.91. The van der Waals surface area contributed by atoms with Gasteiger partial charge in [0.1, 0.15) is 0 Å². The average Bonchev–Trinajstić information content (AvgIpc) is 2.18. The van der Waals surface area contributed by atoms with Gasteiger partial charge < -0.3 is 4.74 Å². The van der Waals surface area contributed by atoms with Crippen LogP contribution in [0.3, 0.4) is 0 Å². The number of benzene rings is 1. The molecule has 0 N–H and O–H groups in total. The minimum absolute atomic E-state index is 0.243. The van der Waals surface area contributed by atoms with E-state index in [1.54, 1.807) is 0 Å². The molecule has 0 aliphatic heterocycles. The molecule has 0 radical (unpaired) electrons. The largest absolute Gasteiger partial charge is 0.435 e. The number of hydrogen-bond donors (Lipinski definition) is 0. The normalized spacial score (nSPS) is 9.67. The highest BCUT2D eigenvalue weighted by atomic mass is 35.5. The van der Waals surface area contributed by atoms with Gasteiger partial charge in [-0.15, -0.1) is 0 Å². The van der Waals surface area contributed by atoms with Crippen molar-refractivity contribution < 1.29 is 9.53 Å². The van der Waals surface area contributed by atoms with Crippen LogP contribution in [-0.4, -0.2) is 5.97 Å². The molecule has 1 aromatic carbocycles. The van der Waals surface area contributed by atoms with E-state index in [1.165, 1.54) is 0 Å². The van der Waals surface area contributed by atoms with Crippen molar-refractivity contribution in [2.45, 2.75) is 19.3 Å². The fraction of sp³-hybridized carbons (Fsp3) is 0.250. The Labute approximate surface area is 94.5 Å². The molecule has 0 heterocycles. The van der Waals surface area contributed by atoms with E-state index in [2.05, 4.69) is 11.3 Å². The lowest BCUT2D eigenvalue weighted by Gasteiger charge is -2.01. The summed E-state index contributed by atoms with van der Waals surface area (Å²) in [4.78, 5) is 11.0. The molecule has 1 rings (SSSR count). The van der Waals surface area contributed by atoms with Gasteiger partial charge in [0.2, 0.25) is 0 Å². The van der Waals surface area contributed by atoms with E-state index in [1.807, 2.05) is 24.3 Å². The zero-order valence-corrected chi connectivity index (χ0v) is 9.17. The van der Waals surface area contributed by atoms with E-state index in [-0.39, 0.29) is 5.97 Å². The van der Waals surface area contributed by atoms with Crippen LogP contribution in [0, 0.1) is 0 Å². The molecule has 3 heteroatoms. The van der Waals surface area contributed by atoms with E-state index < -0.39 is 0 Å². The Balaban J connectivity index is 2.31. The lowest BCUT2D eigenvalue weighted by atomic mass is 10.1. The Hall–Kier alpha value is -1.28. The van der Waals surface area contributed by atoms with Crippen molar-refractivity contribution in [3.05, 3.63) is 47.7 Å². The number of rotatable bonds is 5. The second kappa shape index (κ2) is 6.25. The second-order valence-electron chi connectivity index (χ2n) is 3.14. The first-order valence-electron chi connectivity index (χ1n) is 4.77. The molecule has 0 unspecified atom stereocenters. The van der Waals surface area contributed by atoms with Gasteiger partial charge in [0.05, 0.1) is 6.26 Å². The molecular weight excluding hydrogens is 212 g/mol. The number of halogens is 1. The summed E-state index contributed by atoms with van der Waals surface area (Å²) in [7, 11) is 0. The molecule has 0 saturated heterocycles. The molecule has 0 aliphatic rings. The van der Waals surface area contributed by atoms with Crippen LogP contribution in [0.25, 0.3) is 0 Å². The Bertz CT molecular complexity index is 347. The van der Waals surface area contributed by atoms with Crippen molar-refractivity contribution in [2.75, 3.05) is 0 Å². The maximum absolute atomic E-state index is 11.0. The van der Waals surface area contributed by atoms with E-state index >= 15 is 0 Å². The van der Waals surface area contributed by atoms with Gasteiger partial charge in [0.25, 0.3) is 0 Å². The van der Waals surface area contributed by atoms with Gasteiger partial charge in [0, 0.05) is 11.4 Å². The fourth-order valence-electron chi connectivity index (χ4n) is 1.28. The zero-order chi connectivity index (χ0) is 11.1. The van der Waals surface area contributed by atoms with Crippen LogP contribution in [0.1, 0.15) is 18.4 Å². The maximum atomic E-state index is 11.0.